The molecule has 0 fully saturated rings. The quantitative estimate of drug-likeness (QED) is 0.722. The van der Waals surface area contributed by atoms with Crippen LogP contribution in [0.15, 0.2) is 39.2 Å². The second-order valence-electron chi connectivity index (χ2n) is 4.23. The van der Waals surface area contributed by atoms with Gasteiger partial charge in [0.25, 0.3) is 0 Å². The lowest BCUT2D eigenvalue weighted by Gasteiger charge is -2.11. The van der Waals surface area contributed by atoms with Gasteiger partial charge in [0.05, 0.1) is 15.8 Å². The van der Waals surface area contributed by atoms with Crippen LogP contribution in [-0.4, -0.2) is 17.3 Å². The Balaban J connectivity index is 2.00. The average molecular weight is 341 g/mol. The summed E-state index contributed by atoms with van der Waals surface area (Å²) in [7, 11) is 0. The summed E-state index contributed by atoms with van der Waals surface area (Å²) in [6.07, 6.45) is 7.15. The first-order valence-corrected chi connectivity index (χ1v) is 8.58. The lowest BCUT2D eigenvalue weighted by Crippen LogP contribution is -2.10. The molecule has 1 aromatic carbocycles. The van der Waals surface area contributed by atoms with Crippen LogP contribution in [0.3, 0.4) is 0 Å². The minimum Gasteiger partial charge on any atom is -0.277 e. The van der Waals surface area contributed by atoms with Crippen molar-refractivity contribution in [1.82, 2.24) is 0 Å². The maximum absolute atomic E-state index is 6.10. The molecule has 0 atom stereocenters. The Morgan fingerprint density at radius 2 is 2.23 bits per heavy atom. The fraction of sp³-hybridized carbons (Fsp3) is 0.118. The van der Waals surface area contributed by atoms with E-state index in [4.69, 9.17) is 18.0 Å². The fourth-order valence-corrected chi connectivity index (χ4v) is 3.97. The summed E-state index contributed by atoms with van der Waals surface area (Å²) < 4.78 is 0. The third-order valence-corrected chi connectivity index (χ3v) is 5.06. The minimum absolute atomic E-state index is 0.676. The Labute approximate surface area is 143 Å². The van der Waals surface area contributed by atoms with Crippen molar-refractivity contribution >= 4 is 45.9 Å². The maximum Gasteiger partial charge on any atom is 0.0954 e. The van der Waals surface area contributed by atoms with Crippen LogP contribution >= 0.6 is 35.1 Å². The van der Waals surface area contributed by atoms with Crippen LogP contribution in [0.25, 0.3) is 0 Å². The predicted octanol–water partition coefficient (Wildman–Crippen LogP) is 3.84. The number of nitrogens with zero attached hydrogens (tertiary/aromatic N) is 2. The summed E-state index contributed by atoms with van der Waals surface area (Å²) in [5.74, 6) is 11.2. The van der Waals surface area contributed by atoms with Crippen molar-refractivity contribution in [3.63, 3.8) is 0 Å². The molecule has 0 saturated carbocycles. The van der Waals surface area contributed by atoms with E-state index >= 15 is 0 Å². The van der Waals surface area contributed by atoms with Gasteiger partial charge < -0.3 is 0 Å². The van der Waals surface area contributed by atoms with Crippen LogP contribution in [0.1, 0.15) is 0 Å². The monoisotopic (exact) mass is 340 g/mol. The average Bonchev–Trinajstić information content (AvgIpc) is 3.12. The van der Waals surface area contributed by atoms with Crippen molar-refractivity contribution in [2.45, 2.75) is 4.90 Å². The van der Waals surface area contributed by atoms with E-state index in [1.165, 1.54) is 0 Å². The SMILES string of the molecule is C#CC#CC#CN1C(=CC2=NCCS2)Sc2ccc(Cl)cc21. The summed E-state index contributed by atoms with van der Waals surface area (Å²) in [6, 6.07) is 8.80. The third kappa shape index (κ3) is 3.29. The first kappa shape index (κ1) is 15.0. The van der Waals surface area contributed by atoms with Gasteiger partial charge in [-0.15, -0.1) is 18.2 Å². The van der Waals surface area contributed by atoms with E-state index in [2.05, 4.69) is 40.8 Å². The molecular formula is C17H9ClN2S2. The Morgan fingerprint density at radius 3 is 3.00 bits per heavy atom. The van der Waals surface area contributed by atoms with Gasteiger partial charge in [-0.3, -0.25) is 9.89 Å². The van der Waals surface area contributed by atoms with Crippen LogP contribution < -0.4 is 4.90 Å². The molecule has 0 amide bonds. The molecule has 0 aromatic heterocycles. The first-order chi connectivity index (χ1) is 10.8. The third-order valence-electron chi connectivity index (χ3n) is 2.82. The Bertz CT molecular complexity index is 841. The molecule has 0 spiro atoms. The molecule has 0 saturated heterocycles. The lowest BCUT2D eigenvalue weighted by molar-refractivity contribution is 1.18. The molecule has 0 radical (unpaired) electrons. The summed E-state index contributed by atoms with van der Waals surface area (Å²) in [5, 5.41) is 2.71. The highest BCUT2D eigenvalue weighted by atomic mass is 35.5. The zero-order valence-electron chi connectivity index (χ0n) is 11.4. The van der Waals surface area contributed by atoms with Gasteiger partial charge in [-0.1, -0.05) is 23.4 Å². The van der Waals surface area contributed by atoms with Crippen molar-refractivity contribution in [3.05, 3.63) is 34.3 Å². The second-order valence-corrected chi connectivity index (χ2v) is 6.85. The molecule has 1 aromatic rings. The first-order valence-electron chi connectivity index (χ1n) is 6.40. The van der Waals surface area contributed by atoms with Crippen LogP contribution in [0.4, 0.5) is 5.69 Å². The van der Waals surface area contributed by atoms with Gasteiger partial charge in [0.15, 0.2) is 0 Å². The van der Waals surface area contributed by atoms with Gasteiger partial charge in [-0.05, 0) is 30.0 Å². The van der Waals surface area contributed by atoms with Gasteiger partial charge >= 0.3 is 0 Å². The fourth-order valence-electron chi connectivity index (χ4n) is 1.93. The van der Waals surface area contributed by atoms with Crippen LogP contribution in [0, 0.1) is 36.1 Å². The maximum atomic E-state index is 6.10. The van der Waals surface area contributed by atoms with Crippen molar-refractivity contribution < 1.29 is 0 Å². The van der Waals surface area contributed by atoms with Crippen molar-refractivity contribution in [2.75, 3.05) is 17.2 Å². The highest BCUT2D eigenvalue weighted by Gasteiger charge is 2.25. The summed E-state index contributed by atoms with van der Waals surface area (Å²) in [6.45, 7) is 0.868. The molecule has 0 bridgehead atoms. The number of thioether (sulfide) groups is 2. The van der Waals surface area contributed by atoms with E-state index in [9.17, 15) is 0 Å². The van der Waals surface area contributed by atoms with Crippen molar-refractivity contribution in [3.8, 4) is 36.1 Å². The van der Waals surface area contributed by atoms with E-state index in [1.54, 1.807) is 23.5 Å². The van der Waals surface area contributed by atoms with Gasteiger partial charge in [-0.2, -0.15) is 0 Å². The molecule has 0 unspecified atom stereocenters. The van der Waals surface area contributed by atoms with Crippen LogP contribution in [0.5, 0.6) is 0 Å². The van der Waals surface area contributed by atoms with E-state index in [0.29, 0.717) is 5.02 Å². The second kappa shape index (κ2) is 6.91. The molecule has 0 aliphatic carbocycles. The topological polar surface area (TPSA) is 15.6 Å². The molecule has 2 nitrogen and oxygen atoms in total. The van der Waals surface area contributed by atoms with Gasteiger partial charge in [0, 0.05) is 46.2 Å². The highest BCUT2D eigenvalue weighted by molar-refractivity contribution is 8.14. The standard InChI is InChI=1S/C17H9ClN2S2/c1-2-3-4-5-9-20-14-11-13(18)6-7-15(14)22-17(20)12-16-19-8-10-21-16/h1,6-7,11-12H,8,10H2. The van der Waals surface area contributed by atoms with Gasteiger partial charge in [0.2, 0.25) is 0 Å². The molecule has 2 aliphatic heterocycles. The lowest BCUT2D eigenvalue weighted by atomic mass is 10.3. The number of terminal acetylenes is 1. The summed E-state index contributed by atoms with van der Waals surface area (Å²) in [5.41, 5.74) is 0.961. The van der Waals surface area contributed by atoms with Crippen molar-refractivity contribution in [1.29, 1.82) is 0 Å². The number of rotatable bonds is 1. The Morgan fingerprint density at radius 1 is 1.32 bits per heavy atom. The smallest absolute Gasteiger partial charge is 0.0954 e. The zero-order valence-corrected chi connectivity index (χ0v) is 13.8. The molecule has 22 heavy (non-hydrogen) atoms. The van der Waals surface area contributed by atoms with Crippen LogP contribution in [-0.2, 0) is 0 Å². The summed E-state index contributed by atoms with van der Waals surface area (Å²) >= 11 is 9.50. The number of anilines is 1. The Kier molecular flexibility index (Phi) is 4.71. The molecule has 2 heterocycles. The number of hydrogen-bond donors (Lipinski definition) is 0. The highest BCUT2D eigenvalue weighted by Crippen LogP contribution is 2.46. The number of fused-ring (bicyclic) bond motifs is 1. The largest absolute Gasteiger partial charge is 0.277 e. The molecule has 0 N–H and O–H groups in total. The number of halogens is 1. The van der Waals surface area contributed by atoms with Gasteiger partial charge in [-0.25, -0.2) is 0 Å². The number of hydrogen-bond acceptors (Lipinski definition) is 4. The van der Waals surface area contributed by atoms with E-state index < -0.39 is 0 Å². The summed E-state index contributed by atoms with van der Waals surface area (Å²) in [4.78, 5) is 7.46. The van der Waals surface area contributed by atoms with Gasteiger partial charge in [0.1, 0.15) is 0 Å². The molecule has 3 rings (SSSR count). The van der Waals surface area contributed by atoms with E-state index in [1.807, 2.05) is 23.1 Å². The predicted molar refractivity (Wildman–Crippen MR) is 97.0 cm³/mol. The normalized spacial score (nSPS) is 17.0. The van der Waals surface area contributed by atoms with Crippen molar-refractivity contribution in [2.24, 2.45) is 4.99 Å². The molecular weight excluding hydrogens is 332 g/mol. The van der Waals surface area contributed by atoms with Crippen LogP contribution in [0.2, 0.25) is 5.02 Å². The van der Waals surface area contributed by atoms with E-state index in [0.717, 1.165) is 33.0 Å². The molecule has 5 heteroatoms. The minimum atomic E-state index is 0.676. The molecule has 2 aliphatic rings. The number of benzene rings is 1. The Hall–Kier alpha value is -1.90. The zero-order chi connectivity index (χ0) is 15.4. The van der Waals surface area contributed by atoms with E-state index in [-0.39, 0.29) is 0 Å². The number of aliphatic imine (C=N–C) groups is 1. The molecule has 106 valence electrons.